The van der Waals surface area contributed by atoms with Crippen molar-refractivity contribution in [1.29, 1.82) is 0 Å². The molecule has 1 saturated heterocycles. The fraction of sp³-hybridized carbons (Fsp3) is 0.867. The Balaban J connectivity index is 1.93. The zero-order chi connectivity index (χ0) is 11.2. The van der Waals surface area contributed by atoms with Crippen molar-refractivity contribution in [2.75, 3.05) is 13.1 Å². The van der Waals surface area contributed by atoms with Crippen LogP contribution in [0.1, 0.15) is 58.8 Å². The molecule has 1 aliphatic carbocycles. The minimum absolute atomic E-state index is 0.459. The second kappa shape index (κ2) is 3.87. The Morgan fingerprint density at radius 3 is 2.88 bits per heavy atom. The summed E-state index contributed by atoms with van der Waals surface area (Å²) in [6.07, 6.45) is 9.92. The molecule has 2 heterocycles. The topological polar surface area (TPSA) is 3.24 Å². The van der Waals surface area contributed by atoms with E-state index in [2.05, 4.69) is 18.7 Å². The molecule has 0 bridgehead atoms. The van der Waals surface area contributed by atoms with Gasteiger partial charge in [0.2, 0.25) is 0 Å². The van der Waals surface area contributed by atoms with Crippen LogP contribution in [0.25, 0.3) is 0 Å². The fourth-order valence-electron chi connectivity index (χ4n) is 4.20. The van der Waals surface area contributed by atoms with Gasteiger partial charge in [0.05, 0.1) is 0 Å². The highest BCUT2D eigenvalue weighted by Crippen LogP contribution is 2.46. The first-order valence-electron chi connectivity index (χ1n) is 7.16. The van der Waals surface area contributed by atoms with Crippen LogP contribution < -0.4 is 0 Å². The maximum absolute atomic E-state index is 2.80. The van der Waals surface area contributed by atoms with E-state index < -0.39 is 0 Å². The molecule has 2 atom stereocenters. The highest BCUT2D eigenvalue weighted by molar-refractivity contribution is 5.31. The fourth-order valence-corrected chi connectivity index (χ4v) is 4.20. The van der Waals surface area contributed by atoms with E-state index in [9.17, 15) is 0 Å². The van der Waals surface area contributed by atoms with Gasteiger partial charge in [0.15, 0.2) is 0 Å². The predicted octanol–water partition coefficient (Wildman–Crippen LogP) is 3.75. The van der Waals surface area contributed by atoms with Gasteiger partial charge in [-0.1, -0.05) is 18.1 Å². The van der Waals surface area contributed by atoms with E-state index in [1.165, 1.54) is 58.0 Å². The van der Waals surface area contributed by atoms with Crippen molar-refractivity contribution in [2.45, 2.75) is 64.3 Å². The number of hydrogen-bond acceptors (Lipinski definition) is 1. The summed E-state index contributed by atoms with van der Waals surface area (Å²) >= 11 is 0. The monoisotopic (exact) mass is 219 g/mol. The van der Waals surface area contributed by atoms with E-state index in [1.54, 1.807) is 0 Å². The minimum Gasteiger partial charge on any atom is -0.294 e. The first-order chi connectivity index (χ1) is 7.70. The lowest BCUT2D eigenvalue weighted by Crippen LogP contribution is -2.56. The molecule has 16 heavy (non-hydrogen) atoms. The second-order valence-electron chi connectivity index (χ2n) is 6.40. The lowest BCUT2D eigenvalue weighted by Gasteiger charge is -2.53. The van der Waals surface area contributed by atoms with Crippen LogP contribution in [0.4, 0.5) is 0 Å². The third kappa shape index (κ3) is 1.55. The maximum atomic E-state index is 2.80. The highest BCUT2D eigenvalue weighted by atomic mass is 15.2. The van der Waals surface area contributed by atoms with Crippen molar-refractivity contribution in [3.8, 4) is 0 Å². The molecule has 0 N–H and O–H groups in total. The van der Waals surface area contributed by atoms with Gasteiger partial charge in [-0.3, -0.25) is 4.90 Å². The Kier molecular flexibility index (Phi) is 2.62. The van der Waals surface area contributed by atoms with Crippen LogP contribution in [0.15, 0.2) is 11.1 Å². The van der Waals surface area contributed by atoms with E-state index in [-0.39, 0.29) is 0 Å². The molecule has 1 nitrogen and oxygen atoms in total. The number of fused-ring (bicyclic) bond motifs is 2. The Hall–Kier alpha value is -0.300. The average molecular weight is 219 g/mol. The van der Waals surface area contributed by atoms with Crippen LogP contribution >= 0.6 is 0 Å². The lowest BCUT2D eigenvalue weighted by atomic mass is 9.70. The summed E-state index contributed by atoms with van der Waals surface area (Å²) in [7, 11) is 0. The first-order valence-corrected chi connectivity index (χ1v) is 7.16. The van der Waals surface area contributed by atoms with Crippen molar-refractivity contribution >= 4 is 0 Å². The molecule has 0 aromatic rings. The molecule has 0 spiro atoms. The molecule has 0 saturated carbocycles. The molecule has 2 aliphatic heterocycles. The van der Waals surface area contributed by atoms with Crippen LogP contribution in [-0.2, 0) is 0 Å². The zero-order valence-electron chi connectivity index (χ0n) is 10.9. The first kappa shape index (κ1) is 10.8. The van der Waals surface area contributed by atoms with Crippen molar-refractivity contribution in [3.05, 3.63) is 11.1 Å². The van der Waals surface area contributed by atoms with Crippen LogP contribution in [0, 0.1) is 5.92 Å². The molecular formula is C15H25N. The summed E-state index contributed by atoms with van der Waals surface area (Å²) in [4.78, 5) is 2.80. The molecule has 0 amide bonds. The molecule has 0 aromatic heterocycles. The Morgan fingerprint density at radius 1 is 1.19 bits per heavy atom. The minimum atomic E-state index is 0.459. The summed E-state index contributed by atoms with van der Waals surface area (Å²) < 4.78 is 0. The van der Waals surface area contributed by atoms with Gasteiger partial charge >= 0.3 is 0 Å². The van der Waals surface area contributed by atoms with Crippen LogP contribution in [0.2, 0.25) is 0 Å². The van der Waals surface area contributed by atoms with E-state index in [0.29, 0.717) is 5.54 Å². The Morgan fingerprint density at radius 2 is 2.00 bits per heavy atom. The van der Waals surface area contributed by atoms with Gasteiger partial charge in [-0.15, -0.1) is 0 Å². The van der Waals surface area contributed by atoms with Crippen molar-refractivity contribution in [2.24, 2.45) is 5.92 Å². The molecule has 1 fully saturated rings. The molecule has 0 radical (unpaired) electrons. The lowest BCUT2D eigenvalue weighted by molar-refractivity contribution is 0.0489. The van der Waals surface area contributed by atoms with Gasteiger partial charge in [0.25, 0.3) is 0 Å². The quantitative estimate of drug-likeness (QED) is 0.561. The van der Waals surface area contributed by atoms with Gasteiger partial charge in [-0.2, -0.15) is 0 Å². The third-order valence-electron chi connectivity index (χ3n) is 5.27. The van der Waals surface area contributed by atoms with Gasteiger partial charge in [-0.05, 0) is 57.8 Å². The standard InChI is InChI=1S/C15H25N/c1-12-7-9-15(2)14-6-4-3-5-13(14)8-10-16(15)11-12/h12H,3-11H2,1-2H3/t12-,15+/m0/s1. The number of piperidine rings is 1. The number of hydrogen-bond donors (Lipinski definition) is 0. The molecule has 0 aromatic carbocycles. The largest absolute Gasteiger partial charge is 0.294 e. The van der Waals surface area contributed by atoms with E-state index >= 15 is 0 Å². The average Bonchev–Trinajstić information content (AvgIpc) is 2.31. The predicted molar refractivity (Wildman–Crippen MR) is 68.5 cm³/mol. The molecule has 1 heteroatoms. The van der Waals surface area contributed by atoms with Crippen molar-refractivity contribution in [3.63, 3.8) is 0 Å². The molecule has 0 unspecified atom stereocenters. The van der Waals surface area contributed by atoms with Gasteiger partial charge in [-0.25, -0.2) is 0 Å². The van der Waals surface area contributed by atoms with Crippen molar-refractivity contribution < 1.29 is 0 Å². The third-order valence-corrected chi connectivity index (χ3v) is 5.27. The van der Waals surface area contributed by atoms with Gasteiger partial charge < -0.3 is 0 Å². The second-order valence-corrected chi connectivity index (χ2v) is 6.40. The number of rotatable bonds is 0. The van der Waals surface area contributed by atoms with Crippen LogP contribution in [0.3, 0.4) is 0 Å². The van der Waals surface area contributed by atoms with Crippen LogP contribution in [0.5, 0.6) is 0 Å². The number of nitrogens with zero attached hydrogens (tertiary/aromatic N) is 1. The van der Waals surface area contributed by atoms with Crippen molar-refractivity contribution in [1.82, 2.24) is 4.90 Å². The normalized spacial score (nSPS) is 40.5. The Bertz CT molecular complexity index is 317. The van der Waals surface area contributed by atoms with E-state index in [1.807, 2.05) is 11.1 Å². The molecule has 90 valence electrons. The molecular weight excluding hydrogens is 194 g/mol. The summed E-state index contributed by atoms with van der Waals surface area (Å²) in [5, 5.41) is 0. The van der Waals surface area contributed by atoms with E-state index in [0.717, 1.165) is 5.92 Å². The maximum Gasteiger partial charge on any atom is 0.0395 e. The summed E-state index contributed by atoms with van der Waals surface area (Å²) in [5.74, 6) is 0.916. The molecule has 3 aliphatic rings. The summed E-state index contributed by atoms with van der Waals surface area (Å²) in [5.41, 5.74) is 4.16. The molecule has 3 rings (SSSR count). The Labute approximate surface area is 99.9 Å². The van der Waals surface area contributed by atoms with E-state index in [4.69, 9.17) is 0 Å². The zero-order valence-corrected chi connectivity index (χ0v) is 10.9. The SMILES string of the molecule is C[C@H]1CC[C@]2(C)C3=C(CCCC3)CCN2C1. The highest BCUT2D eigenvalue weighted by Gasteiger charge is 2.43. The smallest absolute Gasteiger partial charge is 0.0395 e. The summed E-state index contributed by atoms with van der Waals surface area (Å²) in [6.45, 7) is 7.62. The summed E-state index contributed by atoms with van der Waals surface area (Å²) in [6, 6.07) is 0. The van der Waals surface area contributed by atoms with Gasteiger partial charge in [0.1, 0.15) is 0 Å². The van der Waals surface area contributed by atoms with Crippen LogP contribution in [-0.4, -0.2) is 23.5 Å². The van der Waals surface area contributed by atoms with Gasteiger partial charge in [0, 0.05) is 18.6 Å².